The number of nitrogens with zero attached hydrogens (tertiary/aromatic N) is 3. The van der Waals surface area contributed by atoms with Crippen LogP contribution in [0.2, 0.25) is 0 Å². The van der Waals surface area contributed by atoms with E-state index in [1.165, 1.54) is 0 Å². The minimum Gasteiger partial charge on any atom is -0.295 e. The Morgan fingerprint density at radius 2 is 1.27 bits per heavy atom. The minimum absolute atomic E-state index is 0.0618. The number of para-hydroxylation sites is 2. The Hall–Kier alpha value is -3.40. The second-order valence-electron chi connectivity index (χ2n) is 6.15. The first-order valence-electron chi connectivity index (χ1n) is 8.59. The standard InChI is InChI=1S/C22H19N3O/c1-17(26)21-23-25(20-15-9-4-10-16-20)22(18-11-5-2-6-12-18)24(21)19-13-7-3-8-14-19/h2-16,22H,1H3/t22-/m0/s1. The van der Waals surface area contributed by atoms with Gasteiger partial charge in [0.05, 0.1) is 5.69 Å². The van der Waals surface area contributed by atoms with Gasteiger partial charge in [0.2, 0.25) is 0 Å². The second kappa shape index (κ2) is 6.84. The van der Waals surface area contributed by atoms with Crippen LogP contribution in [-0.4, -0.2) is 11.6 Å². The molecule has 1 aliphatic heterocycles. The minimum atomic E-state index is -0.222. The molecule has 4 heteroatoms. The molecule has 0 fully saturated rings. The topological polar surface area (TPSA) is 35.9 Å². The van der Waals surface area contributed by atoms with Crippen molar-refractivity contribution in [1.82, 2.24) is 0 Å². The van der Waals surface area contributed by atoms with E-state index in [0.29, 0.717) is 5.84 Å². The van der Waals surface area contributed by atoms with Gasteiger partial charge in [-0.3, -0.25) is 9.69 Å². The lowest BCUT2D eigenvalue weighted by Crippen LogP contribution is -2.37. The summed E-state index contributed by atoms with van der Waals surface area (Å²) in [5, 5.41) is 6.62. The molecule has 4 rings (SSSR count). The maximum Gasteiger partial charge on any atom is 0.198 e. The van der Waals surface area contributed by atoms with Crippen LogP contribution in [-0.2, 0) is 4.79 Å². The fraction of sp³-hybridized carbons (Fsp3) is 0.0909. The Balaban J connectivity index is 1.89. The Kier molecular flexibility index (Phi) is 4.23. The van der Waals surface area contributed by atoms with Gasteiger partial charge in [0.1, 0.15) is 0 Å². The number of hydrogen-bond donors (Lipinski definition) is 0. The zero-order valence-corrected chi connectivity index (χ0v) is 14.5. The van der Waals surface area contributed by atoms with E-state index in [0.717, 1.165) is 16.9 Å². The van der Waals surface area contributed by atoms with Crippen LogP contribution in [0.1, 0.15) is 18.7 Å². The summed E-state index contributed by atoms with van der Waals surface area (Å²) >= 11 is 0. The molecule has 0 bridgehead atoms. The molecule has 1 aliphatic rings. The number of amidine groups is 1. The molecule has 0 aliphatic carbocycles. The molecule has 3 aromatic carbocycles. The van der Waals surface area contributed by atoms with Crippen LogP contribution < -0.4 is 9.91 Å². The summed E-state index contributed by atoms with van der Waals surface area (Å²) in [5.41, 5.74) is 2.95. The van der Waals surface area contributed by atoms with E-state index < -0.39 is 0 Å². The van der Waals surface area contributed by atoms with Gasteiger partial charge in [-0.1, -0.05) is 66.7 Å². The van der Waals surface area contributed by atoms with E-state index in [-0.39, 0.29) is 11.9 Å². The lowest BCUT2D eigenvalue weighted by atomic mass is 10.1. The van der Waals surface area contributed by atoms with Crippen molar-refractivity contribution in [3.05, 3.63) is 96.6 Å². The number of rotatable bonds is 4. The number of hydrogen-bond acceptors (Lipinski definition) is 4. The van der Waals surface area contributed by atoms with Crippen molar-refractivity contribution in [2.24, 2.45) is 5.10 Å². The SMILES string of the molecule is CC(=O)C1=NN(c2ccccc2)[C@@H](c2ccccc2)N1c1ccccc1. The highest BCUT2D eigenvalue weighted by Crippen LogP contribution is 2.38. The Morgan fingerprint density at radius 1 is 0.769 bits per heavy atom. The predicted octanol–water partition coefficient (Wildman–Crippen LogP) is 4.61. The van der Waals surface area contributed by atoms with E-state index in [1.807, 2.05) is 88.8 Å². The highest BCUT2D eigenvalue weighted by molar-refractivity contribution is 6.44. The third-order valence-electron chi connectivity index (χ3n) is 4.37. The lowest BCUT2D eigenvalue weighted by Gasteiger charge is -2.32. The summed E-state index contributed by atoms with van der Waals surface area (Å²) in [6, 6.07) is 30.0. The van der Waals surface area contributed by atoms with E-state index in [4.69, 9.17) is 5.10 Å². The normalized spacial score (nSPS) is 16.5. The molecule has 0 amide bonds. The Labute approximate surface area is 153 Å². The summed E-state index contributed by atoms with van der Waals surface area (Å²) in [6.07, 6.45) is -0.222. The summed E-state index contributed by atoms with van der Waals surface area (Å²) in [6.45, 7) is 1.56. The number of hydrazone groups is 1. The summed E-state index contributed by atoms with van der Waals surface area (Å²) in [4.78, 5) is 14.4. The zero-order chi connectivity index (χ0) is 17.9. The summed E-state index contributed by atoms with van der Waals surface area (Å²) < 4.78 is 0. The van der Waals surface area contributed by atoms with Crippen molar-refractivity contribution in [2.45, 2.75) is 13.1 Å². The number of carbonyl (C=O) groups excluding carboxylic acids is 1. The molecule has 0 radical (unpaired) electrons. The van der Waals surface area contributed by atoms with Gasteiger partial charge < -0.3 is 0 Å². The molecule has 0 aromatic heterocycles. The summed E-state index contributed by atoms with van der Waals surface area (Å²) in [7, 11) is 0. The van der Waals surface area contributed by atoms with Gasteiger partial charge in [-0.05, 0) is 29.8 Å². The molecule has 26 heavy (non-hydrogen) atoms. The fourth-order valence-corrected chi connectivity index (χ4v) is 3.22. The zero-order valence-electron chi connectivity index (χ0n) is 14.5. The fourth-order valence-electron chi connectivity index (χ4n) is 3.22. The van der Waals surface area contributed by atoms with E-state index >= 15 is 0 Å². The maximum absolute atomic E-state index is 12.4. The van der Waals surface area contributed by atoms with Crippen molar-refractivity contribution in [1.29, 1.82) is 0 Å². The second-order valence-corrected chi connectivity index (χ2v) is 6.15. The largest absolute Gasteiger partial charge is 0.295 e. The van der Waals surface area contributed by atoms with Crippen molar-refractivity contribution < 1.29 is 4.79 Å². The maximum atomic E-state index is 12.4. The van der Waals surface area contributed by atoms with Gasteiger partial charge >= 0.3 is 0 Å². The first kappa shape index (κ1) is 16.1. The average molecular weight is 341 g/mol. The van der Waals surface area contributed by atoms with Crippen LogP contribution in [0, 0.1) is 0 Å². The predicted molar refractivity (Wildman–Crippen MR) is 105 cm³/mol. The van der Waals surface area contributed by atoms with Crippen molar-refractivity contribution in [3.63, 3.8) is 0 Å². The molecule has 3 aromatic rings. The van der Waals surface area contributed by atoms with Gasteiger partial charge in [0.15, 0.2) is 17.8 Å². The van der Waals surface area contributed by atoms with E-state index in [2.05, 4.69) is 12.1 Å². The molecular formula is C22H19N3O. The van der Waals surface area contributed by atoms with Gasteiger partial charge in [-0.15, -0.1) is 5.10 Å². The third-order valence-corrected chi connectivity index (χ3v) is 4.37. The number of ketones is 1. The van der Waals surface area contributed by atoms with Gasteiger partial charge in [0, 0.05) is 12.6 Å². The lowest BCUT2D eigenvalue weighted by molar-refractivity contribution is -0.111. The number of carbonyl (C=O) groups is 1. The number of Topliss-reactive ketones (excluding diaryl/α,β-unsaturated/α-hetero) is 1. The molecule has 0 saturated carbocycles. The molecular weight excluding hydrogens is 322 g/mol. The van der Waals surface area contributed by atoms with Crippen LogP contribution in [0.25, 0.3) is 0 Å². The molecule has 0 spiro atoms. The van der Waals surface area contributed by atoms with Gasteiger partial charge in [-0.25, -0.2) is 5.01 Å². The molecule has 128 valence electrons. The first-order chi connectivity index (χ1) is 12.8. The molecule has 0 N–H and O–H groups in total. The smallest absolute Gasteiger partial charge is 0.198 e. The van der Waals surface area contributed by atoms with Crippen molar-refractivity contribution in [3.8, 4) is 0 Å². The Morgan fingerprint density at radius 3 is 1.81 bits per heavy atom. The van der Waals surface area contributed by atoms with Crippen LogP contribution in [0.3, 0.4) is 0 Å². The molecule has 0 unspecified atom stereocenters. The van der Waals surface area contributed by atoms with Crippen LogP contribution in [0.15, 0.2) is 96.1 Å². The van der Waals surface area contributed by atoms with Gasteiger partial charge in [-0.2, -0.15) is 0 Å². The number of anilines is 2. The highest BCUT2D eigenvalue weighted by atomic mass is 16.1. The van der Waals surface area contributed by atoms with Crippen LogP contribution in [0.5, 0.6) is 0 Å². The highest BCUT2D eigenvalue weighted by Gasteiger charge is 2.38. The van der Waals surface area contributed by atoms with Crippen LogP contribution >= 0.6 is 0 Å². The van der Waals surface area contributed by atoms with E-state index in [1.54, 1.807) is 6.92 Å². The quantitative estimate of drug-likeness (QED) is 0.695. The molecule has 4 nitrogen and oxygen atoms in total. The van der Waals surface area contributed by atoms with Crippen molar-refractivity contribution in [2.75, 3.05) is 9.91 Å². The average Bonchev–Trinajstić information content (AvgIpc) is 3.11. The van der Waals surface area contributed by atoms with Gasteiger partial charge in [0.25, 0.3) is 0 Å². The number of benzene rings is 3. The Bertz CT molecular complexity index is 923. The summed E-state index contributed by atoms with van der Waals surface area (Å²) in [5.74, 6) is 0.377. The van der Waals surface area contributed by atoms with Crippen molar-refractivity contribution >= 4 is 23.0 Å². The molecule has 1 atom stereocenters. The first-order valence-corrected chi connectivity index (χ1v) is 8.59. The van der Waals surface area contributed by atoms with E-state index in [9.17, 15) is 4.79 Å². The third kappa shape index (κ3) is 2.86. The molecule has 0 saturated heterocycles. The monoisotopic (exact) mass is 341 g/mol. The van der Waals surface area contributed by atoms with Crippen LogP contribution in [0.4, 0.5) is 11.4 Å². The molecule has 1 heterocycles.